The Bertz CT molecular complexity index is 654. The Morgan fingerprint density at radius 1 is 1.09 bits per heavy atom. The highest BCUT2D eigenvalue weighted by atomic mass is 35.5. The van der Waals surface area contributed by atoms with Crippen molar-refractivity contribution >= 4 is 24.0 Å². The molecule has 0 bridgehead atoms. The van der Waals surface area contributed by atoms with Gasteiger partial charge in [0.2, 0.25) is 0 Å². The summed E-state index contributed by atoms with van der Waals surface area (Å²) in [5.41, 5.74) is 2.45. The van der Waals surface area contributed by atoms with Gasteiger partial charge in [-0.1, -0.05) is 12.1 Å². The van der Waals surface area contributed by atoms with Crippen LogP contribution in [0.15, 0.2) is 48.5 Å². The number of nitrogens with one attached hydrogen (secondary N) is 2. The van der Waals surface area contributed by atoms with Crippen molar-refractivity contribution in [1.82, 2.24) is 5.32 Å². The van der Waals surface area contributed by atoms with Crippen LogP contribution in [0.25, 0.3) is 0 Å². The first-order chi connectivity index (χ1) is 10.7. The zero-order valence-corrected chi connectivity index (χ0v) is 13.5. The van der Waals surface area contributed by atoms with Crippen molar-refractivity contribution in [3.8, 4) is 0 Å². The second-order valence-electron chi connectivity index (χ2n) is 5.61. The Balaban J connectivity index is 0.00000192. The van der Waals surface area contributed by atoms with Crippen LogP contribution in [0.1, 0.15) is 34.7 Å². The first-order valence-corrected chi connectivity index (χ1v) is 7.60. The summed E-state index contributed by atoms with van der Waals surface area (Å²) in [4.78, 5) is 12.3. The van der Waals surface area contributed by atoms with Gasteiger partial charge in [-0.3, -0.25) is 4.79 Å². The molecule has 3 rings (SSSR count). The summed E-state index contributed by atoms with van der Waals surface area (Å²) in [7, 11) is 0. The summed E-state index contributed by atoms with van der Waals surface area (Å²) in [6.07, 6.45) is 2.20. The third kappa shape index (κ3) is 4.53. The van der Waals surface area contributed by atoms with Crippen LogP contribution >= 0.6 is 12.4 Å². The topological polar surface area (TPSA) is 41.1 Å². The molecule has 0 unspecified atom stereocenters. The molecule has 3 nitrogen and oxygen atoms in total. The summed E-state index contributed by atoms with van der Waals surface area (Å²) in [6, 6.07) is 13.6. The van der Waals surface area contributed by atoms with E-state index in [2.05, 4.69) is 16.7 Å². The van der Waals surface area contributed by atoms with Crippen molar-refractivity contribution in [2.75, 3.05) is 18.4 Å². The predicted octanol–water partition coefficient (Wildman–Crippen LogP) is 3.97. The van der Waals surface area contributed by atoms with Crippen molar-refractivity contribution in [2.45, 2.75) is 18.8 Å². The van der Waals surface area contributed by atoms with E-state index in [-0.39, 0.29) is 24.1 Å². The molecule has 0 saturated carbocycles. The number of hydrogen-bond donors (Lipinski definition) is 2. The molecule has 1 heterocycles. The molecule has 0 aromatic heterocycles. The van der Waals surface area contributed by atoms with E-state index in [0.29, 0.717) is 17.2 Å². The molecule has 1 saturated heterocycles. The fourth-order valence-corrected chi connectivity index (χ4v) is 2.83. The number of anilines is 1. The minimum atomic E-state index is -0.314. The minimum absolute atomic E-state index is 0. The smallest absolute Gasteiger partial charge is 0.255 e. The molecule has 23 heavy (non-hydrogen) atoms. The number of carbonyl (C=O) groups excluding carboxylic acids is 1. The molecular formula is C18H20ClFN2O. The van der Waals surface area contributed by atoms with Gasteiger partial charge in [-0.05, 0) is 73.8 Å². The molecule has 2 N–H and O–H groups in total. The SMILES string of the molecule is Cl.O=C(Nc1ccc(F)cc1)c1cccc(C2CCNCC2)c1. The van der Waals surface area contributed by atoms with E-state index in [1.165, 1.54) is 17.7 Å². The Hall–Kier alpha value is -1.91. The zero-order chi connectivity index (χ0) is 15.4. The van der Waals surface area contributed by atoms with E-state index in [4.69, 9.17) is 0 Å². The van der Waals surface area contributed by atoms with Gasteiger partial charge in [0.15, 0.2) is 0 Å². The standard InChI is InChI=1S/C18H19FN2O.ClH/c19-16-4-6-17(7-5-16)21-18(22)15-3-1-2-14(12-15)13-8-10-20-11-9-13;/h1-7,12-13,20H,8-11H2,(H,21,22);1H. The highest BCUT2D eigenvalue weighted by Gasteiger charge is 2.16. The lowest BCUT2D eigenvalue weighted by molar-refractivity contribution is 0.102. The number of amides is 1. The average molecular weight is 335 g/mol. The molecule has 5 heteroatoms. The van der Waals surface area contributed by atoms with Crippen LogP contribution in [0.3, 0.4) is 0 Å². The maximum absolute atomic E-state index is 12.9. The van der Waals surface area contributed by atoms with Crippen LogP contribution in [0.2, 0.25) is 0 Å². The van der Waals surface area contributed by atoms with Crippen molar-refractivity contribution in [3.63, 3.8) is 0 Å². The largest absolute Gasteiger partial charge is 0.322 e. The Labute approximate surface area is 141 Å². The van der Waals surface area contributed by atoms with Crippen LogP contribution in [0.5, 0.6) is 0 Å². The van der Waals surface area contributed by atoms with Crippen LogP contribution < -0.4 is 10.6 Å². The number of carbonyl (C=O) groups is 1. The van der Waals surface area contributed by atoms with Crippen LogP contribution in [0, 0.1) is 5.82 Å². The maximum Gasteiger partial charge on any atom is 0.255 e. The van der Waals surface area contributed by atoms with Crippen molar-refractivity contribution in [1.29, 1.82) is 0 Å². The van der Waals surface area contributed by atoms with Crippen molar-refractivity contribution < 1.29 is 9.18 Å². The maximum atomic E-state index is 12.9. The van der Waals surface area contributed by atoms with Gasteiger partial charge in [0.1, 0.15) is 5.82 Å². The molecule has 0 radical (unpaired) electrons. The van der Waals surface area contributed by atoms with Crippen molar-refractivity contribution in [3.05, 3.63) is 65.5 Å². The van der Waals surface area contributed by atoms with Gasteiger partial charge >= 0.3 is 0 Å². The van der Waals surface area contributed by atoms with E-state index in [1.54, 1.807) is 12.1 Å². The molecule has 1 aliphatic rings. The second-order valence-corrected chi connectivity index (χ2v) is 5.61. The predicted molar refractivity (Wildman–Crippen MR) is 92.9 cm³/mol. The third-order valence-corrected chi connectivity index (χ3v) is 4.06. The van der Waals surface area contributed by atoms with E-state index < -0.39 is 0 Å². The highest BCUT2D eigenvalue weighted by Crippen LogP contribution is 2.26. The van der Waals surface area contributed by atoms with Crippen molar-refractivity contribution in [2.24, 2.45) is 0 Å². The molecule has 1 aliphatic heterocycles. The molecule has 0 spiro atoms. The number of rotatable bonds is 3. The molecule has 1 fully saturated rings. The summed E-state index contributed by atoms with van der Waals surface area (Å²) < 4.78 is 12.9. The molecule has 1 amide bonds. The van der Waals surface area contributed by atoms with E-state index >= 15 is 0 Å². The number of piperidine rings is 1. The highest BCUT2D eigenvalue weighted by molar-refractivity contribution is 6.04. The summed E-state index contributed by atoms with van der Waals surface area (Å²) in [5, 5.41) is 6.15. The van der Waals surface area contributed by atoms with Gasteiger partial charge in [-0.25, -0.2) is 4.39 Å². The average Bonchev–Trinajstić information content (AvgIpc) is 2.58. The monoisotopic (exact) mass is 334 g/mol. The van der Waals surface area contributed by atoms with Gasteiger partial charge in [-0.2, -0.15) is 0 Å². The van der Waals surface area contributed by atoms with Crippen LogP contribution in [-0.4, -0.2) is 19.0 Å². The second kappa shape index (κ2) is 8.09. The summed E-state index contributed by atoms with van der Waals surface area (Å²) >= 11 is 0. The number of benzene rings is 2. The summed E-state index contributed by atoms with van der Waals surface area (Å²) in [5.74, 6) is 0.0353. The van der Waals surface area contributed by atoms with Gasteiger partial charge in [0.25, 0.3) is 5.91 Å². The minimum Gasteiger partial charge on any atom is -0.322 e. The Morgan fingerprint density at radius 3 is 2.48 bits per heavy atom. The summed E-state index contributed by atoms with van der Waals surface area (Å²) in [6.45, 7) is 2.05. The Kier molecular flexibility index (Phi) is 6.13. The fraction of sp³-hybridized carbons (Fsp3) is 0.278. The lowest BCUT2D eigenvalue weighted by Gasteiger charge is -2.23. The van der Waals surface area contributed by atoms with Gasteiger partial charge < -0.3 is 10.6 Å². The number of halogens is 2. The lowest BCUT2D eigenvalue weighted by Crippen LogP contribution is -2.26. The first kappa shape index (κ1) is 17.4. The molecule has 2 aromatic carbocycles. The fourth-order valence-electron chi connectivity index (χ4n) is 2.83. The normalized spacial score (nSPS) is 14.8. The molecule has 122 valence electrons. The first-order valence-electron chi connectivity index (χ1n) is 7.60. The van der Waals surface area contributed by atoms with E-state index in [1.807, 2.05) is 18.2 Å². The van der Waals surface area contributed by atoms with Gasteiger partial charge in [-0.15, -0.1) is 12.4 Å². The van der Waals surface area contributed by atoms with Gasteiger partial charge in [0.05, 0.1) is 0 Å². The Morgan fingerprint density at radius 2 is 1.78 bits per heavy atom. The zero-order valence-electron chi connectivity index (χ0n) is 12.7. The lowest BCUT2D eigenvalue weighted by atomic mass is 9.89. The number of hydrogen-bond acceptors (Lipinski definition) is 2. The third-order valence-electron chi connectivity index (χ3n) is 4.06. The molecule has 0 atom stereocenters. The quantitative estimate of drug-likeness (QED) is 0.891. The molecular weight excluding hydrogens is 315 g/mol. The molecule has 2 aromatic rings. The van der Waals surface area contributed by atoms with E-state index in [9.17, 15) is 9.18 Å². The van der Waals surface area contributed by atoms with Gasteiger partial charge in [0, 0.05) is 11.3 Å². The molecule has 0 aliphatic carbocycles. The van der Waals surface area contributed by atoms with Crippen LogP contribution in [0.4, 0.5) is 10.1 Å². The van der Waals surface area contributed by atoms with E-state index in [0.717, 1.165) is 25.9 Å². The van der Waals surface area contributed by atoms with Crippen LogP contribution in [-0.2, 0) is 0 Å².